The number of hydrogen-bond acceptors (Lipinski definition) is 7. The number of likely N-dealkylation sites (N-methyl/N-ethyl adjacent to an activating group) is 2. The fraction of sp³-hybridized carbons (Fsp3) is 0.591. The lowest BCUT2D eigenvalue weighted by Gasteiger charge is -2.39. The molecule has 0 aliphatic carbocycles. The summed E-state index contributed by atoms with van der Waals surface area (Å²) in [5, 5.41) is 13.3. The molecule has 0 spiro atoms. The lowest BCUT2D eigenvalue weighted by atomic mass is 9.76. The Hall–Kier alpha value is -4.78. The molecular formula is C44H67N7O6. The Kier molecular flexibility index (Phi) is 16.8. The first kappa shape index (κ1) is 46.6. The first-order valence-corrected chi connectivity index (χ1v) is 20.3. The third kappa shape index (κ3) is 12.4. The molecule has 0 unspecified atom stereocenters. The molecule has 2 heterocycles. The second-order valence-electron chi connectivity index (χ2n) is 17.2. The Bertz CT molecular complexity index is 1800. The van der Waals surface area contributed by atoms with Gasteiger partial charge in [0, 0.05) is 80.4 Å². The molecule has 13 heteroatoms. The molecule has 1 aromatic carbocycles. The molecule has 1 aromatic heterocycles. The summed E-state index contributed by atoms with van der Waals surface area (Å²) < 4.78 is 2.07. The number of fused-ring (bicyclic) bond motifs is 1. The van der Waals surface area contributed by atoms with Crippen molar-refractivity contribution in [2.75, 3.05) is 33.7 Å². The molecule has 314 valence electrons. The summed E-state index contributed by atoms with van der Waals surface area (Å²) in [5.74, 6) is -1.39. The second kappa shape index (κ2) is 20.6. The minimum atomic E-state index is -0.838. The molecule has 0 saturated carbocycles. The summed E-state index contributed by atoms with van der Waals surface area (Å²) in [6.45, 7) is 16.9. The number of amides is 6. The minimum absolute atomic E-state index is 0.0206. The van der Waals surface area contributed by atoms with Crippen LogP contribution in [0.4, 0.5) is 0 Å². The van der Waals surface area contributed by atoms with Gasteiger partial charge in [-0.1, -0.05) is 79.2 Å². The van der Waals surface area contributed by atoms with Crippen molar-refractivity contribution < 1.29 is 28.8 Å². The molecule has 57 heavy (non-hydrogen) atoms. The van der Waals surface area contributed by atoms with Crippen LogP contribution in [0.25, 0.3) is 10.9 Å². The van der Waals surface area contributed by atoms with Crippen molar-refractivity contribution >= 4 is 46.3 Å². The van der Waals surface area contributed by atoms with Gasteiger partial charge in [0.1, 0.15) is 6.04 Å². The largest absolute Gasteiger partial charge is 0.356 e. The van der Waals surface area contributed by atoms with E-state index in [4.69, 9.17) is 0 Å². The van der Waals surface area contributed by atoms with Gasteiger partial charge < -0.3 is 30.7 Å². The third-order valence-corrected chi connectivity index (χ3v) is 10.9. The number of imide groups is 1. The molecule has 2 aromatic rings. The van der Waals surface area contributed by atoms with Crippen LogP contribution in [0.5, 0.6) is 0 Å². The quantitative estimate of drug-likeness (QED) is 0.0823. The maximum atomic E-state index is 14.3. The molecule has 0 bridgehead atoms. The molecule has 4 N–H and O–H groups in total. The van der Waals surface area contributed by atoms with Gasteiger partial charge in [0.2, 0.25) is 23.6 Å². The number of carbonyl (C=O) groups is 6. The predicted molar refractivity (Wildman–Crippen MR) is 225 cm³/mol. The van der Waals surface area contributed by atoms with E-state index >= 15 is 0 Å². The molecule has 6 amide bonds. The van der Waals surface area contributed by atoms with E-state index in [0.717, 1.165) is 22.9 Å². The van der Waals surface area contributed by atoms with Gasteiger partial charge in [-0.05, 0) is 62.6 Å². The zero-order valence-corrected chi connectivity index (χ0v) is 36.1. The Morgan fingerprint density at radius 3 is 2.07 bits per heavy atom. The molecule has 0 fully saturated rings. The van der Waals surface area contributed by atoms with Crippen LogP contribution in [-0.4, -0.2) is 102 Å². The number of nitrogens with one attached hydrogen (secondary N) is 4. The number of aromatic nitrogens is 1. The summed E-state index contributed by atoms with van der Waals surface area (Å²) in [5.41, 5.74) is 1.35. The fourth-order valence-corrected chi connectivity index (χ4v) is 7.43. The van der Waals surface area contributed by atoms with E-state index in [2.05, 4.69) is 44.2 Å². The van der Waals surface area contributed by atoms with E-state index < -0.39 is 29.0 Å². The first-order valence-electron chi connectivity index (χ1n) is 20.3. The summed E-state index contributed by atoms with van der Waals surface area (Å²) in [4.78, 5) is 79.9. The van der Waals surface area contributed by atoms with Crippen molar-refractivity contribution in [1.82, 2.24) is 35.6 Å². The number of benzene rings is 1. The molecule has 1 aliphatic heterocycles. The van der Waals surface area contributed by atoms with E-state index in [-0.39, 0.29) is 41.4 Å². The Morgan fingerprint density at radius 2 is 1.47 bits per heavy atom. The fourth-order valence-electron chi connectivity index (χ4n) is 7.43. The lowest BCUT2D eigenvalue weighted by Crippen LogP contribution is -2.61. The van der Waals surface area contributed by atoms with Crippen LogP contribution < -0.4 is 21.3 Å². The van der Waals surface area contributed by atoms with Crippen molar-refractivity contribution in [3.8, 4) is 0 Å². The van der Waals surface area contributed by atoms with Gasteiger partial charge in [-0.15, -0.1) is 0 Å². The molecule has 1 aliphatic rings. The Morgan fingerprint density at radius 1 is 0.860 bits per heavy atom. The molecule has 3 atom stereocenters. The summed E-state index contributed by atoms with van der Waals surface area (Å²) in [6.07, 6.45) is 10.2. The lowest BCUT2D eigenvalue weighted by molar-refractivity contribution is -0.141. The number of hydrogen-bond donors (Lipinski definition) is 4. The maximum absolute atomic E-state index is 14.3. The topological polar surface area (TPSA) is 162 Å². The van der Waals surface area contributed by atoms with E-state index in [1.54, 1.807) is 25.9 Å². The average Bonchev–Trinajstić information content (AvgIpc) is 3.66. The highest BCUT2D eigenvalue weighted by molar-refractivity contribution is 6.12. The van der Waals surface area contributed by atoms with Gasteiger partial charge in [-0.25, -0.2) is 0 Å². The first-order chi connectivity index (χ1) is 26.7. The van der Waals surface area contributed by atoms with E-state index in [9.17, 15) is 28.8 Å². The molecular weight excluding hydrogens is 723 g/mol. The van der Waals surface area contributed by atoms with E-state index in [0.29, 0.717) is 57.3 Å². The number of rotatable bonds is 21. The van der Waals surface area contributed by atoms with Crippen LogP contribution in [0.3, 0.4) is 0 Å². The van der Waals surface area contributed by atoms with E-state index in [1.165, 1.54) is 17.1 Å². The highest BCUT2D eigenvalue weighted by atomic mass is 16.2. The van der Waals surface area contributed by atoms with Crippen molar-refractivity contribution in [1.29, 1.82) is 0 Å². The zero-order valence-electron chi connectivity index (χ0n) is 36.1. The van der Waals surface area contributed by atoms with Gasteiger partial charge >= 0.3 is 0 Å². The van der Waals surface area contributed by atoms with Gasteiger partial charge in [0.05, 0.1) is 12.1 Å². The monoisotopic (exact) mass is 790 g/mol. The standard InChI is InChI=1S/C44H67N7O6/c1-29(2)34(27-30(3)40(55)47-25-17-16-24-46-35(52)21-13-12-18-26-51-36(53)22-23-37(51)54)50(11)42(57)39(43(4,5)6)48-41(56)38(45-9)44(7,8)32-28-49(10)33-20-15-14-19-31(32)33/h14-15,19-20,22-23,27-29,34,38-39,45H,12-13,16-18,21,24-26H2,1-11H3,(H,46,52)(H,47,55)(H,48,56)/b30-27+/t34-,38-,39-/m1/s1. The van der Waals surface area contributed by atoms with Gasteiger partial charge in [0.25, 0.3) is 11.8 Å². The minimum Gasteiger partial charge on any atom is -0.356 e. The van der Waals surface area contributed by atoms with Crippen molar-refractivity contribution in [2.45, 2.75) is 117 Å². The van der Waals surface area contributed by atoms with Crippen molar-refractivity contribution in [3.63, 3.8) is 0 Å². The number of para-hydroxylation sites is 1. The normalized spacial score (nSPS) is 15.2. The number of aryl methyl sites for hydroxylation is 1. The third-order valence-electron chi connectivity index (χ3n) is 10.9. The van der Waals surface area contributed by atoms with Crippen LogP contribution in [0.1, 0.15) is 99.5 Å². The van der Waals surface area contributed by atoms with Crippen LogP contribution in [0.2, 0.25) is 0 Å². The van der Waals surface area contributed by atoms with Crippen LogP contribution in [-0.2, 0) is 41.2 Å². The average molecular weight is 790 g/mol. The molecule has 3 rings (SSSR count). The number of unbranched alkanes of at least 4 members (excludes halogenated alkanes) is 3. The van der Waals surface area contributed by atoms with E-state index in [1.807, 2.05) is 73.7 Å². The van der Waals surface area contributed by atoms with Crippen molar-refractivity contribution in [3.05, 3.63) is 59.8 Å². The van der Waals surface area contributed by atoms with Crippen LogP contribution in [0.15, 0.2) is 54.3 Å². The summed E-state index contributed by atoms with van der Waals surface area (Å²) >= 11 is 0. The zero-order chi connectivity index (χ0) is 42.7. The Balaban J connectivity index is 1.52. The highest BCUT2D eigenvalue weighted by Crippen LogP contribution is 2.35. The van der Waals surface area contributed by atoms with Gasteiger partial charge in [0.15, 0.2) is 0 Å². The van der Waals surface area contributed by atoms with Gasteiger partial charge in [-0.3, -0.25) is 33.7 Å². The number of nitrogens with zero attached hydrogens (tertiary/aromatic N) is 3. The molecule has 13 nitrogen and oxygen atoms in total. The smallest absolute Gasteiger partial charge is 0.253 e. The van der Waals surface area contributed by atoms with Gasteiger partial charge in [-0.2, -0.15) is 0 Å². The summed E-state index contributed by atoms with van der Waals surface area (Å²) in [7, 11) is 5.48. The number of carbonyl (C=O) groups excluding carboxylic acids is 6. The second-order valence-corrected chi connectivity index (χ2v) is 17.2. The SMILES string of the molecule is CN[C@H](C(=O)N[C@H](C(=O)N(C)[C@H](/C=C(\C)C(=O)NCCCCNC(=O)CCCCCN1C(=O)C=CC1=O)C(C)C)C(C)(C)C)C(C)(C)c1cn(C)c2ccccc12. The van der Waals surface area contributed by atoms with Crippen molar-refractivity contribution in [2.24, 2.45) is 18.4 Å². The molecule has 0 radical (unpaired) electrons. The maximum Gasteiger partial charge on any atom is 0.253 e. The highest BCUT2D eigenvalue weighted by Gasteiger charge is 2.42. The molecule has 0 saturated heterocycles. The Labute approximate surface area is 339 Å². The van der Waals surface area contributed by atoms with Crippen LogP contribution in [0, 0.1) is 11.3 Å². The summed E-state index contributed by atoms with van der Waals surface area (Å²) in [6, 6.07) is 6.23. The predicted octanol–water partition coefficient (Wildman–Crippen LogP) is 4.50. The van der Waals surface area contributed by atoms with Crippen LogP contribution >= 0.6 is 0 Å².